The van der Waals surface area contributed by atoms with Gasteiger partial charge in [0.15, 0.2) is 0 Å². The summed E-state index contributed by atoms with van der Waals surface area (Å²) in [6.45, 7) is 1.36. The van der Waals surface area contributed by atoms with Crippen molar-refractivity contribution in [3.05, 3.63) is 29.5 Å². The summed E-state index contributed by atoms with van der Waals surface area (Å²) in [6.07, 6.45) is 0. The third-order valence-corrected chi connectivity index (χ3v) is 2.82. The number of carbonyl (C=O) groups is 2. The number of benzene rings is 1. The maximum Gasteiger partial charge on any atom is 0.322 e. The van der Waals surface area contributed by atoms with Crippen LogP contribution in [0.5, 0.6) is 5.75 Å². The number of aromatic nitrogens is 1. The highest BCUT2D eigenvalue weighted by atomic mass is 16.5. The van der Waals surface area contributed by atoms with E-state index in [4.69, 9.17) is 9.84 Å². The lowest BCUT2D eigenvalue weighted by atomic mass is 10.1. The zero-order valence-electron chi connectivity index (χ0n) is 10.6. The lowest BCUT2D eigenvalue weighted by Crippen LogP contribution is -2.29. The molecule has 0 aliphatic rings. The summed E-state index contributed by atoms with van der Waals surface area (Å²) in [7, 11) is 1.55. The van der Waals surface area contributed by atoms with Crippen LogP contribution in [-0.2, 0) is 4.79 Å². The van der Waals surface area contributed by atoms with E-state index in [0.29, 0.717) is 22.4 Å². The number of fused-ring (bicyclic) bond motifs is 1. The van der Waals surface area contributed by atoms with Crippen molar-refractivity contribution >= 4 is 22.8 Å². The summed E-state index contributed by atoms with van der Waals surface area (Å²) in [5.74, 6) is -0.860. The van der Waals surface area contributed by atoms with Crippen molar-refractivity contribution in [1.82, 2.24) is 10.3 Å². The Labute approximate surface area is 109 Å². The monoisotopic (exact) mass is 262 g/mol. The molecule has 3 N–H and O–H groups in total. The SMILES string of the molecule is COc1ccc2[nH]c(C)c(C(=O)NCC(=O)O)c2c1. The first kappa shape index (κ1) is 12.9. The van der Waals surface area contributed by atoms with Gasteiger partial charge in [0, 0.05) is 16.6 Å². The molecular weight excluding hydrogens is 248 g/mol. The van der Waals surface area contributed by atoms with E-state index in [1.54, 1.807) is 26.2 Å². The maximum absolute atomic E-state index is 12.0. The second-order valence-corrected chi connectivity index (χ2v) is 4.11. The Morgan fingerprint density at radius 1 is 1.42 bits per heavy atom. The van der Waals surface area contributed by atoms with Crippen LogP contribution in [0.3, 0.4) is 0 Å². The first-order valence-electron chi connectivity index (χ1n) is 5.69. The van der Waals surface area contributed by atoms with E-state index in [0.717, 1.165) is 5.52 Å². The highest BCUT2D eigenvalue weighted by Gasteiger charge is 2.17. The van der Waals surface area contributed by atoms with Crippen LogP contribution in [0.4, 0.5) is 0 Å². The molecule has 0 aliphatic heterocycles. The van der Waals surface area contributed by atoms with E-state index in [1.807, 2.05) is 6.07 Å². The second kappa shape index (κ2) is 5.01. The van der Waals surface area contributed by atoms with E-state index in [1.165, 1.54) is 0 Å². The highest BCUT2D eigenvalue weighted by Crippen LogP contribution is 2.26. The van der Waals surface area contributed by atoms with Gasteiger partial charge in [-0.05, 0) is 25.1 Å². The van der Waals surface area contributed by atoms with Crippen LogP contribution in [0.15, 0.2) is 18.2 Å². The third-order valence-electron chi connectivity index (χ3n) is 2.82. The summed E-state index contributed by atoms with van der Waals surface area (Å²) in [4.78, 5) is 25.6. The Kier molecular flexibility index (Phi) is 3.41. The topological polar surface area (TPSA) is 91.4 Å². The molecule has 2 aromatic rings. The van der Waals surface area contributed by atoms with Gasteiger partial charge in [-0.3, -0.25) is 9.59 Å². The van der Waals surface area contributed by atoms with Gasteiger partial charge < -0.3 is 20.1 Å². The van der Waals surface area contributed by atoms with Crippen LogP contribution in [0.25, 0.3) is 10.9 Å². The Bertz CT molecular complexity index is 645. The van der Waals surface area contributed by atoms with Crippen LogP contribution in [0.2, 0.25) is 0 Å². The van der Waals surface area contributed by atoms with E-state index in [2.05, 4.69) is 10.3 Å². The average Bonchev–Trinajstić information content (AvgIpc) is 2.70. The fourth-order valence-corrected chi connectivity index (χ4v) is 1.97. The molecule has 6 nitrogen and oxygen atoms in total. The van der Waals surface area contributed by atoms with Crippen molar-refractivity contribution in [2.75, 3.05) is 13.7 Å². The number of amides is 1. The largest absolute Gasteiger partial charge is 0.497 e. The molecule has 100 valence electrons. The van der Waals surface area contributed by atoms with Crippen molar-refractivity contribution in [3.63, 3.8) is 0 Å². The molecule has 1 aromatic carbocycles. The number of aryl methyl sites for hydroxylation is 1. The molecule has 0 atom stereocenters. The molecule has 1 heterocycles. The van der Waals surface area contributed by atoms with Crippen LogP contribution >= 0.6 is 0 Å². The molecule has 2 rings (SSSR count). The summed E-state index contributed by atoms with van der Waals surface area (Å²) in [5.41, 5.74) is 1.93. The molecule has 0 aliphatic carbocycles. The molecule has 0 unspecified atom stereocenters. The smallest absolute Gasteiger partial charge is 0.322 e. The molecule has 0 bridgehead atoms. The number of nitrogens with one attached hydrogen (secondary N) is 2. The van der Waals surface area contributed by atoms with Gasteiger partial charge in [-0.15, -0.1) is 0 Å². The van der Waals surface area contributed by atoms with Crippen LogP contribution in [0, 0.1) is 6.92 Å². The molecule has 19 heavy (non-hydrogen) atoms. The lowest BCUT2D eigenvalue weighted by molar-refractivity contribution is -0.135. The number of carboxylic acid groups (broad SMARTS) is 1. The van der Waals surface area contributed by atoms with Crippen molar-refractivity contribution in [3.8, 4) is 5.75 Å². The fourth-order valence-electron chi connectivity index (χ4n) is 1.97. The minimum atomic E-state index is -1.08. The van der Waals surface area contributed by atoms with Crippen LogP contribution in [0.1, 0.15) is 16.1 Å². The molecule has 1 amide bonds. The first-order valence-corrected chi connectivity index (χ1v) is 5.69. The van der Waals surface area contributed by atoms with Crippen LogP contribution in [-0.4, -0.2) is 35.6 Å². The molecule has 0 saturated heterocycles. The van der Waals surface area contributed by atoms with Crippen LogP contribution < -0.4 is 10.1 Å². The van der Waals surface area contributed by atoms with Crippen molar-refractivity contribution in [2.45, 2.75) is 6.92 Å². The van der Waals surface area contributed by atoms with E-state index < -0.39 is 18.4 Å². The first-order chi connectivity index (χ1) is 9.02. The minimum Gasteiger partial charge on any atom is -0.497 e. The minimum absolute atomic E-state index is 0.408. The van der Waals surface area contributed by atoms with Gasteiger partial charge in [0.05, 0.1) is 12.7 Å². The summed E-state index contributed by atoms with van der Waals surface area (Å²) >= 11 is 0. The molecule has 1 aromatic heterocycles. The lowest BCUT2D eigenvalue weighted by Gasteiger charge is -2.03. The number of H-pyrrole nitrogens is 1. The zero-order valence-corrected chi connectivity index (χ0v) is 10.6. The number of carbonyl (C=O) groups excluding carboxylic acids is 1. The number of hydrogen-bond acceptors (Lipinski definition) is 3. The third kappa shape index (κ3) is 2.52. The molecule has 0 fully saturated rings. The number of aromatic amines is 1. The summed E-state index contributed by atoms with van der Waals surface area (Å²) < 4.78 is 5.12. The second-order valence-electron chi connectivity index (χ2n) is 4.11. The fraction of sp³-hybridized carbons (Fsp3) is 0.231. The molecular formula is C13H14N2O4. The number of rotatable bonds is 4. The summed E-state index contributed by atoms with van der Waals surface area (Å²) in [5, 5.41) is 11.6. The Morgan fingerprint density at radius 3 is 2.79 bits per heavy atom. The standard InChI is InChI=1S/C13H14N2O4/c1-7-12(13(18)14-6-11(16)17)9-5-8(19-2)3-4-10(9)15-7/h3-5,15H,6H2,1-2H3,(H,14,18)(H,16,17). The van der Waals surface area contributed by atoms with Gasteiger partial charge in [-0.1, -0.05) is 0 Å². The van der Waals surface area contributed by atoms with Gasteiger partial charge in [0.25, 0.3) is 5.91 Å². The molecule has 6 heteroatoms. The normalized spacial score (nSPS) is 10.4. The molecule has 0 spiro atoms. The van der Waals surface area contributed by atoms with Gasteiger partial charge in [-0.2, -0.15) is 0 Å². The van der Waals surface area contributed by atoms with Crippen molar-refractivity contribution in [1.29, 1.82) is 0 Å². The number of aliphatic carboxylic acids is 1. The van der Waals surface area contributed by atoms with Crippen molar-refractivity contribution < 1.29 is 19.4 Å². The van der Waals surface area contributed by atoms with Gasteiger partial charge >= 0.3 is 5.97 Å². The Hall–Kier alpha value is -2.50. The van der Waals surface area contributed by atoms with Gasteiger partial charge in [0.1, 0.15) is 12.3 Å². The maximum atomic E-state index is 12.0. The summed E-state index contributed by atoms with van der Waals surface area (Å²) in [6, 6.07) is 5.35. The Morgan fingerprint density at radius 2 is 2.16 bits per heavy atom. The van der Waals surface area contributed by atoms with Crippen molar-refractivity contribution in [2.24, 2.45) is 0 Å². The number of ether oxygens (including phenoxy) is 1. The average molecular weight is 262 g/mol. The number of hydrogen-bond donors (Lipinski definition) is 3. The zero-order chi connectivity index (χ0) is 14.0. The molecule has 0 saturated carbocycles. The van der Waals surface area contributed by atoms with E-state index in [-0.39, 0.29) is 0 Å². The Balaban J connectivity index is 2.43. The predicted octanol–water partition coefficient (Wildman–Crippen LogP) is 1.30. The number of methoxy groups -OCH3 is 1. The van der Waals surface area contributed by atoms with Gasteiger partial charge in [-0.25, -0.2) is 0 Å². The van der Waals surface area contributed by atoms with Gasteiger partial charge in [0.2, 0.25) is 0 Å². The quantitative estimate of drug-likeness (QED) is 0.774. The van der Waals surface area contributed by atoms with E-state index >= 15 is 0 Å². The molecule has 0 radical (unpaired) electrons. The van der Waals surface area contributed by atoms with E-state index in [9.17, 15) is 9.59 Å². The predicted molar refractivity (Wildman–Crippen MR) is 69.6 cm³/mol. The number of carboxylic acids is 1. The highest BCUT2D eigenvalue weighted by molar-refractivity contribution is 6.09.